The summed E-state index contributed by atoms with van der Waals surface area (Å²) in [5, 5.41) is 0.846. The SMILES string of the molecule is O=C(C=Cc1ccc2c(c1)OCO2)c1cc(Cl)ccc1Cl. The Hall–Kier alpha value is -1.97. The molecule has 2 aromatic carbocycles. The molecule has 1 aliphatic heterocycles. The molecule has 21 heavy (non-hydrogen) atoms. The molecule has 2 aromatic rings. The van der Waals surface area contributed by atoms with Gasteiger partial charge in [-0.15, -0.1) is 0 Å². The molecule has 3 nitrogen and oxygen atoms in total. The monoisotopic (exact) mass is 320 g/mol. The van der Waals surface area contributed by atoms with Crippen LogP contribution in [0.5, 0.6) is 11.5 Å². The van der Waals surface area contributed by atoms with Gasteiger partial charge in [0.15, 0.2) is 17.3 Å². The molecule has 0 fully saturated rings. The number of ketones is 1. The van der Waals surface area contributed by atoms with E-state index in [2.05, 4.69) is 0 Å². The molecular formula is C16H10Cl2O3. The van der Waals surface area contributed by atoms with E-state index in [1.165, 1.54) is 6.08 Å². The maximum absolute atomic E-state index is 12.1. The van der Waals surface area contributed by atoms with E-state index in [0.29, 0.717) is 27.1 Å². The summed E-state index contributed by atoms with van der Waals surface area (Å²) in [7, 11) is 0. The van der Waals surface area contributed by atoms with E-state index in [9.17, 15) is 4.79 Å². The zero-order valence-electron chi connectivity index (χ0n) is 10.8. The van der Waals surface area contributed by atoms with Gasteiger partial charge < -0.3 is 9.47 Å². The fourth-order valence-electron chi connectivity index (χ4n) is 1.96. The lowest BCUT2D eigenvalue weighted by atomic mass is 10.1. The van der Waals surface area contributed by atoms with Crippen LogP contribution in [0.15, 0.2) is 42.5 Å². The molecule has 5 heteroatoms. The van der Waals surface area contributed by atoms with Gasteiger partial charge in [0.25, 0.3) is 0 Å². The van der Waals surface area contributed by atoms with Gasteiger partial charge in [0.1, 0.15) is 0 Å². The van der Waals surface area contributed by atoms with Gasteiger partial charge in [-0.1, -0.05) is 35.3 Å². The summed E-state index contributed by atoms with van der Waals surface area (Å²) in [4.78, 5) is 12.1. The van der Waals surface area contributed by atoms with Crippen LogP contribution >= 0.6 is 23.2 Å². The van der Waals surface area contributed by atoms with E-state index in [1.54, 1.807) is 30.3 Å². The molecule has 3 rings (SSSR count). The van der Waals surface area contributed by atoms with Gasteiger partial charge >= 0.3 is 0 Å². The second kappa shape index (κ2) is 5.80. The lowest BCUT2D eigenvalue weighted by Gasteiger charge is -2.01. The predicted octanol–water partition coefficient (Wildman–Crippen LogP) is 4.62. The number of ether oxygens (including phenoxy) is 2. The highest BCUT2D eigenvalue weighted by Gasteiger charge is 2.13. The molecule has 0 saturated heterocycles. The van der Waals surface area contributed by atoms with Crippen LogP contribution in [0.3, 0.4) is 0 Å². The van der Waals surface area contributed by atoms with Crippen molar-refractivity contribution in [1.82, 2.24) is 0 Å². The number of halogens is 2. The van der Waals surface area contributed by atoms with Gasteiger partial charge in [-0.25, -0.2) is 0 Å². The molecule has 106 valence electrons. The molecule has 0 saturated carbocycles. The average molecular weight is 321 g/mol. The van der Waals surface area contributed by atoms with Gasteiger partial charge in [0, 0.05) is 10.6 Å². The molecule has 0 spiro atoms. The zero-order valence-corrected chi connectivity index (χ0v) is 12.3. The van der Waals surface area contributed by atoms with Gasteiger partial charge in [-0.2, -0.15) is 0 Å². The summed E-state index contributed by atoms with van der Waals surface area (Å²) >= 11 is 11.9. The summed E-state index contributed by atoms with van der Waals surface area (Å²) in [5.74, 6) is 1.17. The Morgan fingerprint density at radius 1 is 1.05 bits per heavy atom. The third-order valence-corrected chi connectivity index (χ3v) is 3.58. The molecule has 0 aromatic heterocycles. The Morgan fingerprint density at radius 2 is 1.86 bits per heavy atom. The molecule has 0 unspecified atom stereocenters. The van der Waals surface area contributed by atoms with Crippen molar-refractivity contribution in [2.75, 3.05) is 6.79 Å². The molecule has 0 aliphatic carbocycles. The van der Waals surface area contributed by atoms with Crippen molar-refractivity contribution in [3.8, 4) is 11.5 Å². The molecule has 0 atom stereocenters. The lowest BCUT2D eigenvalue weighted by molar-refractivity contribution is 0.104. The predicted molar refractivity (Wildman–Crippen MR) is 82.4 cm³/mol. The molecule has 1 aliphatic rings. The van der Waals surface area contributed by atoms with Crippen LogP contribution in [0.1, 0.15) is 15.9 Å². The second-order valence-electron chi connectivity index (χ2n) is 4.43. The fourth-order valence-corrected chi connectivity index (χ4v) is 2.35. The number of benzene rings is 2. The van der Waals surface area contributed by atoms with Crippen molar-refractivity contribution in [3.05, 3.63) is 63.6 Å². The van der Waals surface area contributed by atoms with Crippen molar-refractivity contribution in [2.45, 2.75) is 0 Å². The molecule has 0 N–H and O–H groups in total. The minimum atomic E-state index is -0.208. The highest BCUT2D eigenvalue weighted by molar-refractivity contribution is 6.36. The molecule has 0 amide bonds. The number of rotatable bonds is 3. The Morgan fingerprint density at radius 3 is 2.71 bits per heavy atom. The van der Waals surface area contributed by atoms with Crippen LogP contribution < -0.4 is 9.47 Å². The largest absolute Gasteiger partial charge is 0.454 e. The zero-order chi connectivity index (χ0) is 14.8. The van der Waals surface area contributed by atoms with Crippen LogP contribution in [-0.2, 0) is 0 Å². The smallest absolute Gasteiger partial charge is 0.231 e. The third kappa shape index (κ3) is 3.04. The van der Waals surface area contributed by atoms with E-state index in [1.807, 2.05) is 12.1 Å². The first-order valence-corrected chi connectivity index (χ1v) is 6.96. The Kier molecular flexibility index (Phi) is 3.86. The van der Waals surface area contributed by atoms with Gasteiger partial charge in [-0.05, 0) is 42.0 Å². The molecule has 0 radical (unpaired) electrons. The first kappa shape index (κ1) is 14.0. The van der Waals surface area contributed by atoms with Crippen LogP contribution in [0.25, 0.3) is 6.08 Å². The van der Waals surface area contributed by atoms with E-state index in [0.717, 1.165) is 5.56 Å². The van der Waals surface area contributed by atoms with Crippen LogP contribution in [0.4, 0.5) is 0 Å². The number of allylic oxidation sites excluding steroid dienone is 1. The normalized spacial score (nSPS) is 12.9. The number of fused-ring (bicyclic) bond motifs is 1. The second-order valence-corrected chi connectivity index (χ2v) is 5.28. The highest BCUT2D eigenvalue weighted by Crippen LogP contribution is 2.32. The van der Waals surface area contributed by atoms with Crippen molar-refractivity contribution in [3.63, 3.8) is 0 Å². The van der Waals surface area contributed by atoms with Gasteiger partial charge in [0.2, 0.25) is 6.79 Å². The molecular weight excluding hydrogens is 311 g/mol. The Balaban J connectivity index is 1.82. The summed E-state index contributed by atoms with van der Waals surface area (Å²) in [6, 6.07) is 10.3. The van der Waals surface area contributed by atoms with Gasteiger partial charge in [0.05, 0.1) is 5.02 Å². The number of carbonyl (C=O) groups excluding carboxylic acids is 1. The van der Waals surface area contributed by atoms with Crippen molar-refractivity contribution >= 4 is 35.1 Å². The van der Waals surface area contributed by atoms with Crippen molar-refractivity contribution < 1.29 is 14.3 Å². The standard InChI is InChI=1S/C16H10Cl2O3/c17-11-3-4-13(18)12(8-11)14(19)5-1-10-2-6-15-16(7-10)21-9-20-15/h1-8H,9H2. The van der Waals surface area contributed by atoms with Gasteiger partial charge in [-0.3, -0.25) is 4.79 Å². The van der Waals surface area contributed by atoms with Crippen molar-refractivity contribution in [1.29, 1.82) is 0 Å². The summed E-state index contributed by atoms with van der Waals surface area (Å²) in [5.41, 5.74) is 1.21. The summed E-state index contributed by atoms with van der Waals surface area (Å²) in [6.45, 7) is 0.222. The lowest BCUT2D eigenvalue weighted by Crippen LogP contribution is -1.95. The Bertz CT molecular complexity index is 738. The van der Waals surface area contributed by atoms with E-state index in [-0.39, 0.29) is 12.6 Å². The van der Waals surface area contributed by atoms with Crippen molar-refractivity contribution in [2.24, 2.45) is 0 Å². The van der Waals surface area contributed by atoms with E-state index < -0.39 is 0 Å². The van der Waals surface area contributed by atoms with Crippen LogP contribution in [0.2, 0.25) is 10.0 Å². The van der Waals surface area contributed by atoms with Crippen LogP contribution in [0, 0.1) is 0 Å². The average Bonchev–Trinajstić information content (AvgIpc) is 2.94. The minimum absolute atomic E-state index is 0.208. The summed E-state index contributed by atoms with van der Waals surface area (Å²) < 4.78 is 10.5. The fraction of sp³-hybridized carbons (Fsp3) is 0.0625. The first-order chi connectivity index (χ1) is 10.1. The molecule has 0 bridgehead atoms. The van der Waals surface area contributed by atoms with E-state index >= 15 is 0 Å². The third-order valence-electron chi connectivity index (χ3n) is 3.02. The minimum Gasteiger partial charge on any atom is -0.454 e. The quantitative estimate of drug-likeness (QED) is 0.611. The maximum Gasteiger partial charge on any atom is 0.231 e. The molecule has 1 heterocycles. The van der Waals surface area contributed by atoms with E-state index in [4.69, 9.17) is 32.7 Å². The summed E-state index contributed by atoms with van der Waals surface area (Å²) in [6.07, 6.45) is 3.15. The number of carbonyl (C=O) groups is 1. The highest BCUT2D eigenvalue weighted by atomic mass is 35.5. The Labute approximate surface area is 131 Å². The maximum atomic E-state index is 12.1. The topological polar surface area (TPSA) is 35.5 Å². The number of hydrogen-bond acceptors (Lipinski definition) is 3. The number of hydrogen-bond donors (Lipinski definition) is 0. The first-order valence-electron chi connectivity index (χ1n) is 6.20. The van der Waals surface area contributed by atoms with Crippen LogP contribution in [-0.4, -0.2) is 12.6 Å².